The van der Waals surface area contributed by atoms with Gasteiger partial charge in [0, 0.05) is 5.56 Å². The molecule has 0 N–H and O–H groups in total. The van der Waals surface area contributed by atoms with Gasteiger partial charge in [0.2, 0.25) is 6.19 Å². The van der Waals surface area contributed by atoms with Gasteiger partial charge < -0.3 is 0 Å². The van der Waals surface area contributed by atoms with Crippen molar-refractivity contribution in [3.8, 4) is 11.9 Å². The molecular weight excluding hydrogens is 306 g/mol. The Morgan fingerprint density at radius 3 is 3.00 bits per heavy atom. The number of hydrazine groups is 1. The van der Waals surface area contributed by atoms with Crippen LogP contribution in [0.25, 0.3) is 5.69 Å². The number of nitriles is 1. The van der Waals surface area contributed by atoms with Gasteiger partial charge in [-0.3, -0.25) is 4.57 Å². The molecule has 0 aliphatic carbocycles. The van der Waals surface area contributed by atoms with Gasteiger partial charge >= 0.3 is 0 Å². The lowest BCUT2D eigenvalue weighted by molar-refractivity contribution is 0.652. The van der Waals surface area contributed by atoms with Crippen LogP contribution in [0.15, 0.2) is 41.8 Å². The molecule has 1 unspecified atom stereocenters. The maximum Gasteiger partial charge on any atom is 0.210 e. The molecule has 3 aromatic rings. The molecule has 2 aliphatic heterocycles. The highest BCUT2D eigenvalue weighted by Gasteiger charge is 2.40. The molecule has 0 bridgehead atoms. The molecule has 9 heteroatoms. The number of aromatic nitrogens is 5. The van der Waals surface area contributed by atoms with Crippen molar-refractivity contribution in [1.82, 2.24) is 24.5 Å². The lowest BCUT2D eigenvalue weighted by Gasteiger charge is -2.37. The minimum absolute atomic E-state index is 0.216. The number of rotatable bonds is 1. The first-order valence-electron chi connectivity index (χ1n) is 7.35. The van der Waals surface area contributed by atoms with E-state index >= 15 is 0 Å². The van der Waals surface area contributed by atoms with Crippen molar-refractivity contribution in [2.75, 3.05) is 10.0 Å². The largest absolute Gasteiger partial charge is 0.284 e. The second-order valence-electron chi connectivity index (χ2n) is 5.52. The van der Waals surface area contributed by atoms with Crippen LogP contribution in [-0.4, -0.2) is 30.9 Å². The summed E-state index contributed by atoms with van der Waals surface area (Å²) >= 11 is 0. The molecule has 4 heterocycles. The minimum atomic E-state index is -0.216. The van der Waals surface area contributed by atoms with Crippen molar-refractivity contribution < 1.29 is 0 Å². The fourth-order valence-electron chi connectivity index (χ4n) is 3.22. The number of imidazole rings is 1. The summed E-state index contributed by atoms with van der Waals surface area (Å²) in [5.74, 6) is 1.43. The monoisotopic (exact) mass is 317 g/mol. The predicted octanol–water partition coefficient (Wildman–Crippen LogP) is 1.38. The van der Waals surface area contributed by atoms with Gasteiger partial charge in [0.25, 0.3) is 0 Å². The van der Waals surface area contributed by atoms with Gasteiger partial charge in [0.1, 0.15) is 18.4 Å². The third kappa shape index (κ3) is 1.46. The number of fused-ring (bicyclic) bond motifs is 6. The maximum absolute atomic E-state index is 9.30. The fourth-order valence-corrected chi connectivity index (χ4v) is 3.22. The number of anilines is 2. The second-order valence-corrected chi connectivity index (χ2v) is 5.52. The highest BCUT2D eigenvalue weighted by molar-refractivity contribution is 5.87. The Hall–Kier alpha value is -3.67. The Morgan fingerprint density at radius 1 is 1.25 bits per heavy atom. The number of hydrogen-bond acceptors (Lipinski definition) is 7. The van der Waals surface area contributed by atoms with E-state index in [-0.39, 0.29) is 6.17 Å². The van der Waals surface area contributed by atoms with Crippen LogP contribution in [-0.2, 0) is 0 Å². The lowest BCUT2D eigenvalue weighted by Crippen LogP contribution is -2.43. The molecule has 5 rings (SSSR count). The highest BCUT2D eigenvalue weighted by Crippen LogP contribution is 2.42. The second kappa shape index (κ2) is 4.42. The molecule has 9 nitrogen and oxygen atoms in total. The normalized spacial score (nSPS) is 17.4. The van der Waals surface area contributed by atoms with Crippen LogP contribution in [0.3, 0.4) is 0 Å². The van der Waals surface area contributed by atoms with Gasteiger partial charge in [-0.1, -0.05) is 23.4 Å². The number of aryl methyl sites for hydroxylation is 1. The average molecular weight is 317 g/mol. The van der Waals surface area contributed by atoms with E-state index in [0.717, 1.165) is 17.1 Å². The summed E-state index contributed by atoms with van der Waals surface area (Å²) in [6.07, 6.45) is 7.05. The zero-order valence-electron chi connectivity index (χ0n) is 12.6. The van der Waals surface area contributed by atoms with Gasteiger partial charge in [0.05, 0.1) is 11.9 Å². The van der Waals surface area contributed by atoms with E-state index in [9.17, 15) is 5.26 Å². The molecule has 0 fully saturated rings. The predicted molar refractivity (Wildman–Crippen MR) is 85.5 cm³/mol. The average Bonchev–Trinajstić information content (AvgIpc) is 3.31. The highest BCUT2D eigenvalue weighted by atomic mass is 15.7. The number of hydrogen-bond donors (Lipinski definition) is 0. The molecule has 0 saturated heterocycles. The summed E-state index contributed by atoms with van der Waals surface area (Å²) in [6, 6.07) is 8.07. The number of nitrogens with zero attached hydrogens (tertiary/aromatic N) is 9. The summed E-state index contributed by atoms with van der Waals surface area (Å²) in [5, 5.41) is 20.9. The van der Waals surface area contributed by atoms with E-state index in [1.54, 1.807) is 23.9 Å². The van der Waals surface area contributed by atoms with Crippen LogP contribution in [0.5, 0.6) is 0 Å². The topological polar surface area (TPSA) is 91.2 Å². The standard InChI is InChI=1S/C15H11N9/c1-10-15(22(7-16)20-19-10)23-9-18-14-11-4-2-3-5-12(11)21-8-17-6-13(21)24(14)23/h2-6,8-9,14H,1H3. The van der Waals surface area contributed by atoms with Crippen LogP contribution < -0.4 is 10.0 Å². The van der Waals surface area contributed by atoms with Crippen molar-refractivity contribution in [3.63, 3.8) is 0 Å². The van der Waals surface area contributed by atoms with Gasteiger partial charge in [-0.2, -0.15) is 5.26 Å². The van der Waals surface area contributed by atoms with Gasteiger partial charge in [0.15, 0.2) is 17.8 Å². The SMILES string of the molecule is Cc1nnn(C#N)c1N1C=NC2c3ccccc3-n3cncc3N21. The summed E-state index contributed by atoms with van der Waals surface area (Å²) in [7, 11) is 0. The minimum Gasteiger partial charge on any atom is -0.284 e. The molecule has 2 aromatic heterocycles. The van der Waals surface area contributed by atoms with E-state index in [4.69, 9.17) is 0 Å². The van der Waals surface area contributed by atoms with Crippen LogP contribution in [0.1, 0.15) is 17.4 Å². The van der Waals surface area contributed by atoms with Crippen molar-refractivity contribution in [1.29, 1.82) is 5.26 Å². The quantitative estimate of drug-likeness (QED) is 0.673. The van der Waals surface area contributed by atoms with Crippen LogP contribution >= 0.6 is 0 Å². The molecule has 0 amide bonds. The Kier molecular flexibility index (Phi) is 2.36. The molecule has 116 valence electrons. The van der Waals surface area contributed by atoms with E-state index < -0.39 is 0 Å². The molecule has 0 saturated carbocycles. The molecule has 1 aromatic carbocycles. The molecule has 2 aliphatic rings. The maximum atomic E-state index is 9.30. The van der Waals surface area contributed by atoms with Gasteiger partial charge in [-0.15, -0.1) is 9.78 Å². The lowest BCUT2D eigenvalue weighted by atomic mass is 10.1. The van der Waals surface area contributed by atoms with E-state index in [1.165, 1.54) is 4.68 Å². The smallest absolute Gasteiger partial charge is 0.210 e. The molecule has 0 spiro atoms. The van der Waals surface area contributed by atoms with Crippen molar-refractivity contribution >= 4 is 18.0 Å². The molecule has 0 radical (unpaired) electrons. The Bertz CT molecular complexity index is 1020. The zero-order valence-corrected chi connectivity index (χ0v) is 12.6. The Labute approximate surface area is 136 Å². The number of aliphatic imine (C=N–C) groups is 1. The summed E-state index contributed by atoms with van der Waals surface area (Å²) in [5.41, 5.74) is 2.76. The summed E-state index contributed by atoms with van der Waals surface area (Å²) in [4.78, 5) is 8.92. The van der Waals surface area contributed by atoms with Crippen LogP contribution in [0.4, 0.5) is 11.6 Å². The summed E-state index contributed by atoms with van der Waals surface area (Å²) < 4.78 is 3.19. The zero-order chi connectivity index (χ0) is 16.3. The number of benzene rings is 1. The molecular formula is C15H11N9. The Morgan fingerprint density at radius 2 is 2.12 bits per heavy atom. The fraction of sp³-hybridized carbons (Fsp3) is 0.133. The third-order valence-electron chi connectivity index (χ3n) is 4.23. The first kappa shape index (κ1) is 12.8. The van der Waals surface area contributed by atoms with Crippen molar-refractivity contribution in [2.45, 2.75) is 13.1 Å². The summed E-state index contributed by atoms with van der Waals surface area (Å²) in [6.45, 7) is 1.81. The van der Waals surface area contributed by atoms with E-state index in [0.29, 0.717) is 11.5 Å². The van der Waals surface area contributed by atoms with Crippen molar-refractivity contribution in [2.24, 2.45) is 4.99 Å². The van der Waals surface area contributed by atoms with E-state index in [2.05, 4.69) is 20.3 Å². The van der Waals surface area contributed by atoms with Crippen LogP contribution in [0.2, 0.25) is 0 Å². The van der Waals surface area contributed by atoms with E-state index in [1.807, 2.05) is 47.0 Å². The Balaban J connectivity index is 1.73. The van der Waals surface area contributed by atoms with Crippen molar-refractivity contribution in [3.05, 3.63) is 48.0 Å². The first-order valence-corrected chi connectivity index (χ1v) is 7.35. The van der Waals surface area contributed by atoms with Crippen LogP contribution in [0, 0.1) is 18.4 Å². The van der Waals surface area contributed by atoms with Gasteiger partial charge in [-0.05, 0) is 13.0 Å². The van der Waals surface area contributed by atoms with Gasteiger partial charge in [-0.25, -0.2) is 20.0 Å². The molecule has 1 atom stereocenters. The third-order valence-corrected chi connectivity index (χ3v) is 4.23. The molecule has 24 heavy (non-hydrogen) atoms. The first-order chi connectivity index (χ1) is 11.8. The number of para-hydroxylation sites is 1.